The molecular formula is C26H24N6O6. The molecule has 3 aliphatic heterocycles. The van der Waals surface area contributed by atoms with E-state index in [-0.39, 0.29) is 30.6 Å². The van der Waals surface area contributed by atoms with Gasteiger partial charge in [0.25, 0.3) is 5.91 Å². The summed E-state index contributed by atoms with van der Waals surface area (Å²) in [5.41, 5.74) is 5.49. The summed E-state index contributed by atoms with van der Waals surface area (Å²) in [6.07, 6.45) is -1.50. The van der Waals surface area contributed by atoms with Gasteiger partial charge in [-0.1, -0.05) is 36.4 Å². The number of hydrogen-bond donors (Lipinski definition) is 3. The van der Waals surface area contributed by atoms with Crippen LogP contribution in [0.3, 0.4) is 0 Å². The van der Waals surface area contributed by atoms with Gasteiger partial charge in [0.1, 0.15) is 29.6 Å². The van der Waals surface area contributed by atoms with Crippen molar-refractivity contribution in [2.75, 3.05) is 26.9 Å². The molecule has 0 saturated carbocycles. The molecule has 2 saturated heterocycles. The van der Waals surface area contributed by atoms with E-state index in [1.807, 2.05) is 30.3 Å². The number of para-hydroxylation sites is 1. The van der Waals surface area contributed by atoms with Crippen LogP contribution in [0.1, 0.15) is 17.4 Å². The predicted molar refractivity (Wildman–Crippen MR) is 132 cm³/mol. The first-order valence-electron chi connectivity index (χ1n) is 12.1. The lowest BCUT2D eigenvalue weighted by Gasteiger charge is -2.35. The minimum absolute atomic E-state index is 0.00590. The van der Waals surface area contributed by atoms with Crippen molar-refractivity contribution in [2.45, 2.75) is 24.2 Å². The largest absolute Gasteiger partial charge is 0.494 e. The number of cyclic esters (lactones) is 1. The van der Waals surface area contributed by atoms with Crippen LogP contribution in [0.4, 0.5) is 4.79 Å². The first kappa shape index (κ1) is 23.8. The number of nitrogens with zero attached hydrogens (tertiary/aromatic N) is 3. The summed E-state index contributed by atoms with van der Waals surface area (Å²) < 4.78 is 22.4. The number of amides is 2. The monoisotopic (exact) mass is 516 g/mol. The van der Waals surface area contributed by atoms with Gasteiger partial charge < -0.3 is 29.3 Å². The van der Waals surface area contributed by atoms with E-state index in [4.69, 9.17) is 18.6 Å². The maximum atomic E-state index is 13.9. The molecular weight excluding hydrogens is 492 g/mol. The number of benzene rings is 2. The Labute approximate surface area is 217 Å². The molecule has 0 aliphatic carbocycles. The van der Waals surface area contributed by atoms with Crippen LogP contribution in [0.15, 0.2) is 58.6 Å². The summed E-state index contributed by atoms with van der Waals surface area (Å²) in [5.74, 6) is -0.170. The molecule has 12 nitrogen and oxygen atoms in total. The van der Waals surface area contributed by atoms with Crippen LogP contribution in [-0.4, -0.2) is 67.2 Å². The Morgan fingerprint density at radius 3 is 2.76 bits per heavy atom. The van der Waals surface area contributed by atoms with Crippen molar-refractivity contribution in [2.24, 2.45) is 0 Å². The van der Waals surface area contributed by atoms with E-state index in [0.29, 0.717) is 29.1 Å². The molecule has 38 heavy (non-hydrogen) atoms. The molecule has 3 N–H and O–H groups in total. The lowest BCUT2D eigenvalue weighted by atomic mass is 9.90. The van der Waals surface area contributed by atoms with Crippen molar-refractivity contribution < 1.29 is 28.2 Å². The van der Waals surface area contributed by atoms with Crippen LogP contribution in [0.25, 0.3) is 16.7 Å². The Balaban J connectivity index is 1.38. The Morgan fingerprint density at radius 1 is 1.18 bits per heavy atom. The fraction of sp³-hybridized carbons (Fsp3) is 0.308. The molecule has 2 amide bonds. The first-order valence-corrected chi connectivity index (χ1v) is 12.1. The fourth-order valence-electron chi connectivity index (χ4n) is 5.00. The van der Waals surface area contributed by atoms with Crippen molar-refractivity contribution in [3.05, 3.63) is 65.7 Å². The van der Waals surface area contributed by atoms with Crippen LogP contribution in [-0.2, 0) is 14.3 Å². The summed E-state index contributed by atoms with van der Waals surface area (Å²) in [5, 5.41) is 17.3. The average molecular weight is 517 g/mol. The van der Waals surface area contributed by atoms with E-state index in [9.17, 15) is 14.9 Å². The van der Waals surface area contributed by atoms with E-state index in [0.717, 1.165) is 5.56 Å². The Morgan fingerprint density at radius 2 is 2.03 bits per heavy atom. The fourth-order valence-corrected chi connectivity index (χ4v) is 5.00. The summed E-state index contributed by atoms with van der Waals surface area (Å²) in [7, 11) is 1.53. The van der Waals surface area contributed by atoms with E-state index in [1.54, 1.807) is 18.2 Å². The number of carbonyl (C=O) groups excluding carboxylic acids is 2. The minimum atomic E-state index is -0.659. The number of aromatic nitrogens is 1. The normalized spacial score (nSPS) is 24.6. The van der Waals surface area contributed by atoms with Crippen LogP contribution in [0.5, 0.6) is 5.75 Å². The number of ether oxygens (including phenoxy) is 3. The molecule has 3 aliphatic rings. The second-order valence-corrected chi connectivity index (χ2v) is 9.04. The number of rotatable bonds is 7. The highest BCUT2D eigenvalue weighted by molar-refractivity contribution is 6.20. The molecule has 0 spiro atoms. The summed E-state index contributed by atoms with van der Waals surface area (Å²) in [6.45, 7) is 0.457. The average Bonchev–Trinajstić information content (AvgIpc) is 3.65. The smallest absolute Gasteiger partial charge is 0.407 e. The van der Waals surface area contributed by atoms with Gasteiger partial charge in [0.2, 0.25) is 5.89 Å². The molecule has 4 atom stereocenters. The van der Waals surface area contributed by atoms with Gasteiger partial charge in [-0.25, -0.2) is 20.2 Å². The quantitative estimate of drug-likeness (QED) is 0.423. The standard InChI is InChI=1S/C26H24N6O6/c1-35-18-8-5-9-19-22(18)30-24(38-19)21-17(13-36-12-15-11-28-26(34)37-15)29-23-20(14-6-3-2-4-7-14)16(10-27)31-32(23)25(21)33/h2-9,15-16,20,23,29,31H,11-13H2,1H3,(H,28,34). The second kappa shape index (κ2) is 9.70. The van der Waals surface area contributed by atoms with Crippen molar-refractivity contribution in [3.63, 3.8) is 0 Å². The summed E-state index contributed by atoms with van der Waals surface area (Å²) in [6, 6.07) is 16.4. The van der Waals surface area contributed by atoms with E-state index >= 15 is 0 Å². The molecule has 194 valence electrons. The van der Waals surface area contributed by atoms with Gasteiger partial charge in [0, 0.05) is 0 Å². The van der Waals surface area contributed by atoms with Gasteiger partial charge in [-0.2, -0.15) is 5.26 Å². The van der Waals surface area contributed by atoms with Crippen molar-refractivity contribution in [3.8, 4) is 11.8 Å². The van der Waals surface area contributed by atoms with Crippen LogP contribution in [0.2, 0.25) is 0 Å². The summed E-state index contributed by atoms with van der Waals surface area (Å²) in [4.78, 5) is 29.9. The number of hydrogen-bond acceptors (Lipinski definition) is 10. The zero-order valence-electron chi connectivity index (χ0n) is 20.3. The molecule has 4 unspecified atom stereocenters. The SMILES string of the molecule is COc1cccc2oc(C3=C(COCC4CNC(=O)O4)NC4C(c5ccccc5)C(C#N)NN4C3=O)nc12. The van der Waals surface area contributed by atoms with Gasteiger partial charge in [0.05, 0.1) is 44.6 Å². The molecule has 1 aromatic heterocycles. The van der Waals surface area contributed by atoms with Gasteiger partial charge in [-0.05, 0) is 17.7 Å². The number of oxazole rings is 1. The molecule has 4 heterocycles. The molecule has 12 heteroatoms. The third-order valence-electron chi connectivity index (χ3n) is 6.75. The van der Waals surface area contributed by atoms with Crippen LogP contribution >= 0.6 is 0 Å². The first-order chi connectivity index (χ1) is 18.6. The van der Waals surface area contributed by atoms with Gasteiger partial charge in [0.15, 0.2) is 11.1 Å². The lowest BCUT2D eigenvalue weighted by molar-refractivity contribution is -0.130. The number of nitriles is 1. The number of hydrazine groups is 1. The van der Waals surface area contributed by atoms with E-state index in [1.165, 1.54) is 12.1 Å². The van der Waals surface area contributed by atoms with E-state index < -0.39 is 30.3 Å². The Hall–Kier alpha value is -4.60. The van der Waals surface area contributed by atoms with Crippen LogP contribution in [0, 0.1) is 11.3 Å². The molecule has 3 aromatic rings. The van der Waals surface area contributed by atoms with Gasteiger partial charge in [-0.3, -0.25) is 4.79 Å². The predicted octanol–water partition coefficient (Wildman–Crippen LogP) is 1.62. The molecule has 0 bridgehead atoms. The maximum absolute atomic E-state index is 13.9. The van der Waals surface area contributed by atoms with E-state index in [2.05, 4.69) is 27.1 Å². The van der Waals surface area contributed by atoms with Crippen molar-refractivity contribution in [1.29, 1.82) is 5.26 Å². The zero-order chi connectivity index (χ0) is 26.2. The molecule has 0 radical (unpaired) electrons. The third-order valence-corrected chi connectivity index (χ3v) is 6.75. The maximum Gasteiger partial charge on any atom is 0.407 e. The van der Waals surface area contributed by atoms with Crippen molar-refractivity contribution in [1.82, 2.24) is 26.1 Å². The third kappa shape index (κ3) is 4.07. The zero-order valence-corrected chi connectivity index (χ0v) is 20.3. The lowest BCUT2D eigenvalue weighted by Crippen LogP contribution is -2.55. The second-order valence-electron chi connectivity index (χ2n) is 9.04. The number of nitrogens with one attached hydrogen (secondary N) is 3. The summed E-state index contributed by atoms with van der Waals surface area (Å²) >= 11 is 0. The van der Waals surface area contributed by atoms with Crippen LogP contribution < -0.4 is 20.8 Å². The highest BCUT2D eigenvalue weighted by atomic mass is 16.6. The number of fused-ring (bicyclic) bond motifs is 2. The van der Waals surface area contributed by atoms with Crippen molar-refractivity contribution >= 4 is 28.7 Å². The number of alkyl carbamates (subject to hydrolysis) is 1. The molecule has 2 aromatic carbocycles. The minimum Gasteiger partial charge on any atom is -0.494 e. The molecule has 6 rings (SSSR count). The van der Waals surface area contributed by atoms with Gasteiger partial charge in [-0.15, -0.1) is 0 Å². The number of carbonyl (C=O) groups is 2. The highest BCUT2D eigenvalue weighted by Gasteiger charge is 2.50. The Bertz CT molecular complexity index is 1460. The number of methoxy groups -OCH3 is 1. The van der Waals surface area contributed by atoms with Gasteiger partial charge >= 0.3 is 6.09 Å². The Kier molecular flexibility index (Phi) is 6.07. The molecule has 2 fully saturated rings. The topological polar surface area (TPSA) is 151 Å². The highest BCUT2D eigenvalue weighted by Crippen LogP contribution is 2.38.